The van der Waals surface area contributed by atoms with Gasteiger partial charge in [0.15, 0.2) is 6.10 Å². The summed E-state index contributed by atoms with van der Waals surface area (Å²) < 4.78 is 5.19. The number of benzene rings is 2. The SMILES string of the molecule is CSc1ccc(/C=C/C(=O)O[C@H](C)C(=O)Nc2c(C)cccc2C)cc1. The highest BCUT2D eigenvalue weighted by molar-refractivity contribution is 7.98. The summed E-state index contributed by atoms with van der Waals surface area (Å²) in [6.45, 7) is 5.40. The minimum absolute atomic E-state index is 0.353. The number of aryl methyl sites for hydroxylation is 2. The fourth-order valence-electron chi connectivity index (χ4n) is 2.38. The van der Waals surface area contributed by atoms with Crippen LogP contribution in [0.2, 0.25) is 0 Å². The normalized spacial score (nSPS) is 12.0. The molecule has 0 aliphatic rings. The fraction of sp³-hybridized carbons (Fsp3) is 0.238. The molecule has 0 aromatic heterocycles. The highest BCUT2D eigenvalue weighted by atomic mass is 32.2. The molecule has 0 saturated heterocycles. The molecule has 2 rings (SSSR count). The number of ether oxygens (including phenoxy) is 1. The molecule has 26 heavy (non-hydrogen) atoms. The van der Waals surface area contributed by atoms with Gasteiger partial charge in [-0.3, -0.25) is 4.79 Å². The molecule has 1 N–H and O–H groups in total. The van der Waals surface area contributed by atoms with Crippen molar-refractivity contribution >= 4 is 35.4 Å². The van der Waals surface area contributed by atoms with Gasteiger partial charge in [-0.05, 0) is 61.9 Å². The van der Waals surface area contributed by atoms with Crippen molar-refractivity contribution in [2.24, 2.45) is 0 Å². The van der Waals surface area contributed by atoms with Crippen LogP contribution in [-0.2, 0) is 14.3 Å². The quantitative estimate of drug-likeness (QED) is 0.459. The van der Waals surface area contributed by atoms with Gasteiger partial charge >= 0.3 is 5.97 Å². The van der Waals surface area contributed by atoms with E-state index in [0.717, 1.165) is 27.3 Å². The van der Waals surface area contributed by atoms with Gasteiger partial charge in [0, 0.05) is 16.7 Å². The lowest BCUT2D eigenvalue weighted by atomic mass is 10.1. The third kappa shape index (κ3) is 5.49. The largest absolute Gasteiger partial charge is 0.449 e. The lowest BCUT2D eigenvalue weighted by Gasteiger charge is -2.15. The molecule has 0 bridgehead atoms. The summed E-state index contributed by atoms with van der Waals surface area (Å²) in [6, 6.07) is 13.6. The van der Waals surface area contributed by atoms with Gasteiger partial charge < -0.3 is 10.1 Å². The molecule has 0 radical (unpaired) electrons. The summed E-state index contributed by atoms with van der Waals surface area (Å²) in [5.41, 5.74) is 3.58. The maximum atomic E-state index is 12.3. The van der Waals surface area contributed by atoms with Gasteiger partial charge in [-0.2, -0.15) is 0 Å². The van der Waals surface area contributed by atoms with E-state index in [9.17, 15) is 9.59 Å². The fourth-order valence-corrected chi connectivity index (χ4v) is 2.79. The molecular formula is C21H23NO3S. The van der Waals surface area contributed by atoms with Gasteiger partial charge in [-0.25, -0.2) is 4.79 Å². The number of anilines is 1. The van der Waals surface area contributed by atoms with Crippen LogP contribution in [0, 0.1) is 13.8 Å². The van der Waals surface area contributed by atoms with Gasteiger partial charge in [-0.15, -0.1) is 11.8 Å². The Morgan fingerprint density at radius 2 is 1.69 bits per heavy atom. The second kappa shape index (κ2) is 9.25. The van der Waals surface area contributed by atoms with E-state index in [1.165, 1.54) is 6.08 Å². The van der Waals surface area contributed by atoms with Gasteiger partial charge in [0.25, 0.3) is 5.91 Å². The number of hydrogen-bond donors (Lipinski definition) is 1. The van der Waals surface area contributed by atoms with Crippen molar-refractivity contribution in [3.8, 4) is 0 Å². The Bertz CT molecular complexity index is 792. The molecule has 0 aliphatic carbocycles. The highest BCUT2D eigenvalue weighted by Gasteiger charge is 2.18. The molecule has 0 saturated carbocycles. The number of para-hydroxylation sites is 1. The van der Waals surface area contributed by atoms with E-state index < -0.39 is 12.1 Å². The summed E-state index contributed by atoms with van der Waals surface area (Å²) in [7, 11) is 0. The molecule has 0 spiro atoms. The van der Waals surface area contributed by atoms with Crippen molar-refractivity contribution in [1.29, 1.82) is 0 Å². The Morgan fingerprint density at radius 1 is 1.08 bits per heavy atom. The number of carbonyl (C=O) groups is 2. The van der Waals surface area contributed by atoms with E-state index in [1.807, 2.05) is 62.6 Å². The first-order chi connectivity index (χ1) is 12.4. The van der Waals surface area contributed by atoms with Crippen molar-refractivity contribution in [2.45, 2.75) is 31.8 Å². The van der Waals surface area contributed by atoms with E-state index in [4.69, 9.17) is 4.74 Å². The molecule has 5 heteroatoms. The van der Waals surface area contributed by atoms with Crippen LogP contribution in [0.5, 0.6) is 0 Å². The van der Waals surface area contributed by atoms with Crippen LogP contribution in [0.1, 0.15) is 23.6 Å². The predicted molar refractivity (Wildman–Crippen MR) is 107 cm³/mol. The molecule has 1 atom stereocenters. The second-order valence-corrected chi connectivity index (χ2v) is 6.82. The number of amides is 1. The molecule has 0 heterocycles. The lowest BCUT2D eigenvalue weighted by molar-refractivity contribution is -0.148. The van der Waals surface area contributed by atoms with Gasteiger partial charge in [0.2, 0.25) is 0 Å². The maximum absolute atomic E-state index is 12.3. The van der Waals surface area contributed by atoms with E-state index in [-0.39, 0.29) is 5.91 Å². The second-order valence-electron chi connectivity index (χ2n) is 5.94. The molecule has 1 amide bonds. The van der Waals surface area contributed by atoms with Crippen LogP contribution in [0.15, 0.2) is 53.4 Å². The first-order valence-corrected chi connectivity index (χ1v) is 9.53. The third-order valence-electron chi connectivity index (χ3n) is 3.92. The van der Waals surface area contributed by atoms with Crippen LogP contribution in [-0.4, -0.2) is 24.2 Å². The van der Waals surface area contributed by atoms with Crippen molar-refractivity contribution in [3.05, 3.63) is 65.2 Å². The Labute approximate surface area is 158 Å². The zero-order valence-corrected chi connectivity index (χ0v) is 16.2. The minimum atomic E-state index is -0.884. The van der Waals surface area contributed by atoms with E-state index in [2.05, 4.69) is 5.32 Å². The Balaban J connectivity index is 1.93. The van der Waals surface area contributed by atoms with Crippen molar-refractivity contribution in [2.75, 3.05) is 11.6 Å². The summed E-state index contributed by atoms with van der Waals surface area (Å²) in [6.07, 6.45) is 4.12. The Kier molecular flexibility index (Phi) is 7.04. The van der Waals surface area contributed by atoms with Gasteiger partial charge in [0.1, 0.15) is 0 Å². The zero-order valence-electron chi connectivity index (χ0n) is 15.4. The van der Waals surface area contributed by atoms with Crippen molar-refractivity contribution < 1.29 is 14.3 Å². The number of esters is 1. The Hall–Kier alpha value is -2.53. The minimum Gasteiger partial charge on any atom is -0.449 e. The van der Waals surface area contributed by atoms with Crippen molar-refractivity contribution in [1.82, 2.24) is 0 Å². The first kappa shape index (κ1) is 19.8. The standard InChI is InChI=1S/C21H23NO3S/c1-14-6-5-7-15(2)20(14)22-21(24)16(3)25-19(23)13-10-17-8-11-18(26-4)12-9-17/h5-13,16H,1-4H3,(H,22,24)/b13-10+/t16-/m1/s1. The molecule has 0 aliphatic heterocycles. The topological polar surface area (TPSA) is 55.4 Å². The first-order valence-electron chi connectivity index (χ1n) is 8.30. The smallest absolute Gasteiger partial charge is 0.331 e. The molecule has 4 nitrogen and oxygen atoms in total. The molecule has 2 aromatic rings. The van der Waals surface area contributed by atoms with E-state index in [0.29, 0.717) is 0 Å². The van der Waals surface area contributed by atoms with Crippen LogP contribution < -0.4 is 5.32 Å². The van der Waals surface area contributed by atoms with Crippen molar-refractivity contribution in [3.63, 3.8) is 0 Å². The number of nitrogens with one attached hydrogen (secondary N) is 1. The maximum Gasteiger partial charge on any atom is 0.331 e. The van der Waals surface area contributed by atoms with Gasteiger partial charge in [-0.1, -0.05) is 30.3 Å². The average molecular weight is 369 g/mol. The number of hydrogen-bond acceptors (Lipinski definition) is 4. The average Bonchev–Trinajstić information content (AvgIpc) is 2.63. The highest BCUT2D eigenvalue weighted by Crippen LogP contribution is 2.20. The molecule has 2 aromatic carbocycles. The summed E-state index contributed by atoms with van der Waals surface area (Å²) in [5.74, 6) is -0.906. The van der Waals surface area contributed by atoms with Crippen LogP contribution in [0.4, 0.5) is 5.69 Å². The molecular weight excluding hydrogens is 346 g/mol. The molecule has 136 valence electrons. The van der Waals surface area contributed by atoms with E-state index >= 15 is 0 Å². The third-order valence-corrected chi connectivity index (χ3v) is 4.66. The number of thioether (sulfide) groups is 1. The number of rotatable bonds is 6. The van der Waals surface area contributed by atoms with Crippen LogP contribution in [0.25, 0.3) is 6.08 Å². The lowest BCUT2D eigenvalue weighted by Crippen LogP contribution is -2.30. The molecule has 0 fully saturated rings. The summed E-state index contributed by atoms with van der Waals surface area (Å²) in [5, 5.41) is 2.83. The van der Waals surface area contributed by atoms with Crippen LogP contribution in [0.3, 0.4) is 0 Å². The molecule has 0 unspecified atom stereocenters. The zero-order chi connectivity index (χ0) is 19.1. The van der Waals surface area contributed by atoms with Gasteiger partial charge in [0.05, 0.1) is 0 Å². The predicted octanol–water partition coefficient (Wildman–Crippen LogP) is 4.61. The number of carbonyl (C=O) groups excluding carboxylic acids is 2. The Morgan fingerprint density at radius 3 is 2.27 bits per heavy atom. The summed E-state index contributed by atoms with van der Waals surface area (Å²) in [4.78, 5) is 25.4. The summed E-state index contributed by atoms with van der Waals surface area (Å²) >= 11 is 1.66. The van der Waals surface area contributed by atoms with E-state index in [1.54, 1.807) is 24.8 Å². The van der Waals surface area contributed by atoms with Crippen LogP contribution >= 0.6 is 11.8 Å². The monoisotopic (exact) mass is 369 g/mol.